The van der Waals surface area contributed by atoms with Crippen LogP contribution >= 0.6 is 11.8 Å². The van der Waals surface area contributed by atoms with Gasteiger partial charge in [-0.1, -0.05) is 23.9 Å². The van der Waals surface area contributed by atoms with Crippen molar-refractivity contribution in [2.24, 2.45) is 0 Å². The van der Waals surface area contributed by atoms with Crippen molar-refractivity contribution in [1.82, 2.24) is 20.5 Å². The van der Waals surface area contributed by atoms with Crippen molar-refractivity contribution < 1.29 is 22.7 Å². The Labute approximate surface area is 140 Å². The van der Waals surface area contributed by atoms with Crippen LogP contribution in [0.3, 0.4) is 0 Å². The zero-order valence-corrected chi connectivity index (χ0v) is 13.3. The largest absolute Gasteiger partial charge is 0.411 e. The van der Waals surface area contributed by atoms with E-state index in [9.17, 15) is 18.0 Å². The van der Waals surface area contributed by atoms with Gasteiger partial charge in [0.25, 0.3) is 5.91 Å². The molecule has 0 aliphatic heterocycles. The first-order chi connectivity index (χ1) is 11.4. The highest BCUT2D eigenvalue weighted by molar-refractivity contribution is 7.98. The number of aromatic nitrogens is 3. The summed E-state index contributed by atoms with van der Waals surface area (Å²) in [7, 11) is 0. The van der Waals surface area contributed by atoms with Gasteiger partial charge in [0.2, 0.25) is 0 Å². The topological polar surface area (TPSA) is 79.9 Å². The summed E-state index contributed by atoms with van der Waals surface area (Å²) in [6.07, 6.45) is -2.93. The van der Waals surface area contributed by atoms with Crippen LogP contribution in [0.5, 0.6) is 0 Å². The maximum absolute atomic E-state index is 11.9. The Bertz CT molecular complexity index is 632. The van der Waals surface area contributed by atoms with E-state index in [1.165, 1.54) is 18.1 Å². The number of nitrogens with one attached hydrogen (secondary N) is 2. The van der Waals surface area contributed by atoms with Crippen molar-refractivity contribution in [3.05, 3.63) is 41.7 Å². The van der Waals surface area contributed by atoms with Crippen LogP contribution in [0.25, 0.3) is 0 Å². The van der Waals surface area contributed by atoms with E-state index >= 15 is 0 Å². The van der Waals surface area contributed by atoms with E-state index in [2.05, 4.69) is 25.2 Å². The van der Waals surface area contributed by atoms with E-state index < -0.39 is 12.8 Å². The third kappa shape index (κ3) is 6.59. The maximum Gasteiger partial charge on any atom is 0.411 e. The average molecular weight is 360 g/mol. The number of aromatic amines is 1. The third-order valence-electron chi connectivity index (χ3n) is 2.78. The molecule has 0 unspecified atom stereocenters. The van der Waals surface area contributed by atoms with Crippen LogP contribution in [0.15, 0.2) is 35.7 Å². The van der Waals surface area contributed by atoms with Crippen molar-refractivity contribution >= 4 is 17.7 Å². The lowest BCUT2D eigenvalue weighted by atomic mass is 10.1. The molecule has 0 spiro atoms. The Morgan fingerprint density at radius 2 is 2.04 bits per heavy atom. The van der Waals surface area contributed by atoms with Gasteiger partial charge in [0.1, 0.15) is 12.9 Å². The smallest absolute Gasteiger partial charge is 0.370 e. The number of amides is 1. The maximum atomic E-state index is 11.9. The van der Waals surface area contributed by atoms with Gasteiger partial charge in [0.05, 0.1) is 6.61 Å². The van der Waals surface area contributed by atoms with Crippen LogP contribution in [0, 0.1) is 0 Å². The molecule has 0 bridgehead atoms. The highest BCUT2D eigenvalue weighted by Gasteiger charge is 2.27. The molecule has 2 N–H and O–H groups in total. The predicted molar refractivity (Wildman–Crippen MR) is 81.6 cm³/mol. The van der Waals surface area contributed by atoms with Gasteiger partial charge in [0.15, 0.2) is 5.16 Å². The quantitative estimate of drug-likeness (QED) is 0.558. The van der Waals surface area contributed by atoms with E-state index in [0.717, 1.165) is 5.56 Å². The molecular weight excluding hydrogens is 345 g/mol. The molecule has 0 aliphatic rings. The van der Waals surface area contributed by atoms with Crippen LogP contribution in [-0.2, 0) is 10.5 Å². The Balaban J connectivity index is 1.70. The summed E-state index contributed by atoms with van der Waals surface area (Å²) in [6.45, 7) is -1.50. The molecule has 1 amide bonds. The monoisotopic (exact) mass is 360 g/mol. The number of thioether (sulfide) groups is 1. The second-order valence-corrected chi connectivity index (χ2v) is 5.66. The molecule has 1 aromatic heterocycles. The summed E-state index contributed by atoms with van der Waals surface area (Å²) in [6, 6.07) is 6.92. The zero-order valence-electron chi connectivity index (χ0n) is 12.5. The van der Waals surface area contributed by atoms with E-state index in [1.54, 1.807) is 24.3 Å². The van der Waals surface area contributed by atoms with Gasteiger partial charge in [-0.25, -0.2) is 4.98 Å². The summed E-state index contributed by atoms with van der Waals surface area (Å²) in [4.78, 5) is 15.8. The normalized spacial score (nSPS) is 11.5. The van der Waals surface area contributed by atoms with Gasteiger partial charge in [0, 0.05) is 17.9 Å². The molecule has 0 atom stereocenters. The molecule has 10 heteroatoms. The SMILES string of the molecule is O=C(NCCOCC(F)(F)F)c1ccc(CSc2ncn[nH]2)cc1. The molecule has 6 nitrogen and oxygen atoms in total. The summed E-state index contributed by atoms with van der Waals surface area (Å²) in [5, 5.41) is 9.68. The van der Waals surface area contributed by atoms with Gasteiger partial charge in [-0.15, -0.1) is 0 Å². The van der Waals surface area contributed by atoms with Crippen LogP contribution in [-0.4, -0.2) is 47.0 Å². The summed E-state index contributed by atoms with van der Waals surface area (Å²) in [5.41, 5.74) is 1.43. The number of rotatable bonds is 8. The van der Waals surface area contributed by atoms with E-state index in [0.29, 0.717) is 16.5 Å². The van der Waals surface area contributed by atoms with Crippen molar-refractivity contribution in [3.63, 3.8) is 0 Å². The van der Waals surface area contributed by atoms with Crippen LogP contribution in [0.1, 0.15) is 15.9 Å². The molecule has 1 heterocycles. The molecule has 0 saturated heterocycles. The molecule has 1 aromatic carbocycles. The standard InChI is InChI=1S/C14H15F3N4O2S/c15-14(16,17)8-23-6-5-18-12(22)11-3-1-10(2-4-11)7-24-13-19-9-20-21-13/h1-4,9H,5-8H2,(H,18,22)(H,19,20,21). The molecule has 0 fully saturated rings. The van der Waals surface area contributed by atoms with Crippen molar-refractivity contribution in [3.8, 4) is 0 Å². The summed E-state index contributed by atoms with van der Waals surface area (Å²) < 4.78 is 40.0. The minimum Gasteiger partial charge on any atom is -0.370 e. The fourth-order valence-electron chi connectivity index (χ4n) is 1.69. The number of carbonyl (C=O) groups is 1. The zero-order chi connectivity index (χ0) is 17.4. The fourth-order valence-corrected chi connectivity index (χ4v) is 2.43. The van der Waals surface area contributed by atoms with Gasteiger partial charge >= 0.3 is 6.18 Å². The molecule has 2 aromatic rings. The highest BCUT2D eigenvalue weighted by Crippen LogP contribution is 2.18. The first-order valence-electron chi connectivity index (χ1n) is 6.94. The van der Waals surface area contributed by atoms with Gasteiger partial charge < -0.3 is 10.1 Å². The lowest BCUT2D eigenvalue weighted by Gasteiger charge is -2.09. The average Bonchev–Trinajstić information content (AvgIpc) is 3.05. The molecule has 2 rings (SSSR count). The molecule has 0 saturated carbocycles. The molecular formula is C14H15F3N4O2S. The van der Waals surface area contributed by atoms with Crippen molar-refractivity contribution in [2.75, 3.05) is 19.8 Å². The van der Waals surface area contributed by atoms with Crippen LogP contribution in [0.2, 0.25) is 0 Å². The number of carbonyl (C=O) groups excluding carboxylic acids is 1. The number of hydrogen-bond acceptors (Lipinski definition) is 5. The number of benzene rings is 1. The number of halogens is 3. The van der Waals surface area contributed by atoms with Gasteiger partial charge in [-0.2, -0.15) is 18.3 Å². The number of H-pyrrole nitrogens is 1. The summed E-state index contributed by atoms with van der Waals surface area (Å²) in [5.74, 6) is 0.308. The first kappa shape index (κ1) is 18.3. The highest BCUT2D eigenvalue weighted by atomic mass is 32.2. The number of nitrogens with zero attached hydrogens (tertiary/aromatic N) is 2. The second-order valence-electron chi connectivity index (χ2n) is 4.70. The second kappa shape index (κ2) is 8.69. The number of ether oxygens (including phenoxy) is 1. The van der Waals surface area contributed by atoms with Gasteiger partial charge in [-0.05, 0) is 17.7 Å². The number of hydrogen-bond donors (Lipinski definition) is 2. The van der Waals surface area contributed by atoms with E-state index in [-0.39, 0.29) is 19.1 Å². The third-order valence-corrected chi connectivity index (χ3v) is 3.73. The summed E-state index contributed by atoms with van der Waals surface area (Å²) >= 11 is 1.48. The Kier molecular flexibility index (Phi) is 6.62. The molecule has 130 valence electrons. The Morgan fingerprint density at radius 1 is 1.29 bits per heavy atom. The predicted octanol–water partition coefficient (Wildman–Crippen LogP) is 2.41. The molecule has 0 aliphatic carbocycles. The van der Waals surface area contributed by atoms with Crippen LogP contribution in [0.4, 0.5) is 13.2 Å². The Morgan fingerprint density at radius 3 is 2.67 bits per heavy atom. The van der Waals surface area contributed by atoms with Crippen molar-refractivity contribution in [2.45, 2.75) is 17.1 Å². The lowest BCUT2D eigenvalue weighted by molar-refractivity contribution is -0.173. The lowest BCUT2D eigenvalue weighted by Crippen LogP contribution is -2.28. The minimum absolute atomic E-state index is 0.0119. The van der Waals surface area contributed by atoms with Gasteiger partial charge in [-0.3, -0.25) is 9.89 Å². The molecule has 24 heavy (non-hydrogen) atoms. The fraction of sp³-hybridized carbons (Fsp3) is 0.357. The van der Waals surface area contributed by atoms with Crippen molar-refractivity contribution in [1.29, 1.82) is 0 Å². The number of alkyl halides is 3. The van der Waals surface area contributed by atoms with Crippen LogP contribution < -0.4 is 5.32 Å². The molecule has 0 radical (unpaired) electrons. The first-order valence-corrected chi connectivity index (χ1v) is 7.92. The van der Waals surface area contributed by atoms with E-state index in [1.807, 2.05) is 0 Å². The van der Waals surface area contributed by atoms with E-state index in [4.69, 9.17) is 0 Å². The minimum atomic E-state index is -4.36. The Hall–Kier alpha value is -2.07.